The number of aromatic nitrogens is 2. The first-order chi connectivity index (χ1) is 15.1. The number of rotatable bonds is 5. The van der Waals surface area contributed by atoms with E-state index in [2.05, 4.69) is 6.92 Å². The predicted octanol–water partition coefficient (Wildman–Crippen LogP) is 5.55. The van der Waals surface area contributed by atoms with Gasteiger partial charge in [-0.2, -0.15) is 0 Å². The van der Waals surface area contributed by atoms with Crippen molar-refractivity contribution in [1.82, 2.24) is 9.55 Å². The summed E-state index contributed by atoms with van der Waals surface area (Å²) in [5.41, 5.74) is 2.60. The fourth-order valence-corrected chi connectivity index (χ4v) is 6.44. The number of para-hydroxylation sites is 1. The average Bonchev–Trinajstić information content (AvgIpc) is 3.16. The van der Waals surface area contributed by atoms with Crippen LogP contribution < -0.4 is 5.56 Å². The maximum absolute atomic E-state index is 13.7. The van der Waals surface area contributed by atoms with Crippen LogP contribution in [0.4, 0.5) is 0 Å². The normalized spacial score (nSPS) is 15.7. The zero-order valence-electron chi connectivity index (χ0n) is 17.2. The summed E-state index contributed by atoms with van der Waals surface area (Å²) < 4.78 is 1.68. The van der Waals surface area contributed by atoms with Crippen LogP contribution in [0.5, 0.6) is 0 Å². The van der Waals surface area contributed by atoms with Crippen molar-refractivity contribution < 1.29 is 4.79 Å². The molecule has 0 saturated heterocycles. The van der Waals surface area contributed by atoms with E-state index in [1.807, 2.05) is 60.7 Å². The number of ketones is 1. The molecule has 0 N–H and O–H groups in total. The van der Waals surface area contributed by atoms with E-state index in [1.54, 1.807) is 15.9 Å². The molecule has 4 aromatic rings. The summed E-state index contributed by atoms with van der Waals surface area (Å²) >= 11 is 2.97. The van der Waals surface area contributed by atoms with Crippen molar-refractivity contribution in [2.75, 3.05) is 5.75 Å². The molecule has 5 rings (SSSR count). The summed E-state index contributed by atoms with van der Waals surface area (Å²) in [5, 5.41) is 1.33. The summed E-state index contributed by atoms with van der Waals surface area (Å²) in [4.78, 5) is 33.4. The monoisotopic (exact) mass is 446 g/mol. The highest BCUT2D eigenvalue weighted by Gasteiger charge is 2.25. The van der Waals surface area contributed by atoms with Crippen molar-refractivity contribution in [2.45, 2.75) is 31.3 Å². The van der Waals surface area contributed by atoms with Gasteiger partial charge in [-0.15, -0.1) is 11.3 Å². The van der Waals surface area contributed by atoms with Crippen molar-refractivity contribution in [3.8, 4) is 5.69 Å². The second-order valence-corrected chi connectivity index (χ2v) is 10.0. The van der Waals surface area contributed by atoms with E-state index in [0.717, 1.165) is 35.2 Å². The highest BCUT2D eigenvalue weighted by Crippen LogP contribution is 2.37. The molecule has 1 atom stereocenters. The minimum atomic E-state index is -0.0297. The number of thiophene rings is 1. The minimum Gasteiger partial charge on any atom is -0.293 e. The maximum atomic E-state index is 13.7. The van der Waals surface area contributed by atoms with E-state index in [9.17, 15) is 9.59 Å². The van der Waals surface area contributed by atoms with Gasteiger partial charge in [-0.3, -0.25) is 14.2 Å². The van der Waals surface area contributed by atoms with Crippen LogP contribution in [-0.4, -0.2) is 21.1 Å². The number of carbonyl (C=O) groups is 1. The molecular formula is C25H22N2O2S2. The summed E-state index contributed by atoms with van der Waals surface area (Å²) in [6, 6.07) is 18.8. The third kappa shape index (κ3) is 3.86. The number of hydrogen-bond acceptors (Lipinski definition) is 5. The number of benzene rings is 2. The summed E-state index contributed by atoms with van der Waals surface area (Å²) in [5.74, 6) is 0.893. The topological polar surface area (TPSA) is 52.0 Å². The Balaban J connectivity index is 1.61. The lowest BCUT2D eigenvalue weighted by molar-refractivity contribution is 0.102. The van der Waals surface area contributed by atoms with E-state index in [4.69, 9.17) is 4.98 Å². The molecule has 2 aromatic carbocycles. The van der Waals surface area contributed by atoms with Gasteiger partial charge in [0.05, 0.1) is 16.8 Å². The maximum Gasteiger partial charge on any atom is 0.267 e. The molecule has 6 heteroatoms. The number of aryl methyl sites for hydroxylation is 1. The van der Waals surface area contributed by atoms with Crippen molar-refractivity contribution >= 4 is 39.1 Å². The lowest BCUT2D eigenvalue weighted by atomic mass is 9.89. The van der Waals surface area contributed by atoms with Gasteiger partial charge in [0.25, 0.3) is 5.56 Å². The first-order valence-electron chi connectivity index (χ1n) is 10.5. The molecule has 0 amide bonds. The van der Waals surface area contributed by atoms with Crippen LogP contribution in [0, 0.1) is 5.92 Å². The molecule has 0 bridgehead atoms. The smallest absolute Gasteiger partial charge is 0.267 e. The molecule has 0 unspecified atom stereocenters. The van der Waals surface area contributed by atoms with Crippen LogP contribution in [0.2, 0.25) is 0 Å². The van der Waals surface area contributed by atoms with Crippen LogP contribution in [-0.2, 0) is 12.8 Å². The molecule has 2 heterocycles. The highest BCUT2D eigenvalue weighted by molar-refractivity contribution is 7.99. The summed E-state index contributed by atoms with van der Waals surface area (Å²) in [7, 11) is 0. The first kappa shape index (κ1) is 20.2. The molecule has 0 fully saturated rings. The van der Waals surface area contributed by atoms with Crippen LogP contribution in [0.15, 0.2) is 70.6 Å². The van der Waals surface area contributed by atoms with E-state index >= 15 is 0 Å². The van der Waals surface area contributed by atoms with E-state index in [1.165, 1.54) is 22.2 Å². The molecule has 1 aliphatic carbocycles. The van der Waals surface area contributed by atoms with Crippen molar-refractivity contribution in [3.63, 3.8) is 0 Å². The molecule has 156 valence electrons. The van der Waals surface area contributed by atoms with Crippen LogP contribution in [0.3, 0.4) is 0 Å². The molecule has 1 aliphatic rings. The average molecular weight is 447 g/mol. The predicted molar refractivity (Wildman–Crippen MR) is 128 cm³/mol. The largest absolute Gasteiger partial charge is 0.293 e. The Morgan fingerprint density at radius 1 is 1.13 bits per heavy atom. The molecule has 4 nitrogen and oxygen atoms in total. The Morgan fingerprint density at radius 2 is 1.84 bits per heavy atom. The van der Waals surface area contributed by atoms with E-state index < -0.39 is 0 Å². The number of nitrogens with zero attached hydrogens (tertiary/aromatic N) is 2. The highest BCUT2D eigenvalue weighted by atomic mass is 32.2. The van der Waals surface area contributed by atoms with Crippen LogP contribution in [0.1, 0.15) is 34.1 Å². The summed E-state index contributed by atoms with van der Waals surface area (Å²) in [6.07, 6.45) is 3.04. The van der Waals surface area contributed by atoms with Gasteiger partial charge in [0, 0.05) is 10.4 Å². The SMILES string of the molecule is C[C@H]1CCc2c(sc3nc(SCC(=O)c4ccccc4)n(-c4ccccc4)c(=O)c23)C1. The van der Waals surface area contributed by atoms with Crippen molar-refractivity contribution in [3.05, 3.63) is 87.0 Å². The van der Waals surface area contributed by atoms with Crippen molar-refractivity contribution in [1.29, 1.82) is 0 Å². The lowest BCUT2D eigenvalue weighted by Gasteiger charge is -2.17. The zero-order chi connectivity index (χ0) is 21.4. The zero-order valence-corrected chi connectivity index (χ0v) is 18.8. The minimum absolute atomic E-state index is 0.0267. The van der Waals surface area contributed by atoms with Gasteiger partial charge in [-0.1, -0.05) is 67.2 Å². The Kier molecular flexibility index (Phi) is 5.50. The Bertz CT molecular complexity index is 1310. The molecular weight excluding hydrogens is 424 g/mol. The third-order valence-corrected chi connectivity index (χ3v) is 7.83. The summed E-state index contributed by atoms with van der Waals surface area (Å²) in [6.45, 7) is 2.26. The standard InChI is InChI=1S/C25H22N2O2S2/c1-16-12-13-19-21(14-16)31-23-22(19)24(29)27(18-10-6-3-7-11-18)25(26-23)30-15-20(28)17-8-4-2-5-9-17/h2-11,16H,12-15H2,1H3/t16-/m0/s1. The second kappa shape index (κ2) is 8.44. The molecule has 0 aliphatic heterocycles. The number of hydrogen-bond donors (Lipinski definition) is 0. The number of fused-ring (bicyclic) bond motifs is 3. The molecule has 0 saturated carbocycles. The fourth-order valence-electron chi connectivity index (χ4n) is 4.11. The van der Waals surface area contributed by atoms with Gasteiger partial charge >= 0.3 is 0 Å². The molecule has 2 aromatic heterocycles. The number of Topliss-reactive ketones (excluding diaryl/α,β-unsaturated/α-hetero) is 1. The second-order valence-electron chi connectivity index (χ2n) is 7.98. The van der Waals surface area contributed by atoms with Gasteiger partial charge in [0.15, 0.2) is 10.9 Å². The van der Waals surface area contributed by atoms with Gasteiger partial charge in [0.2, 0.25) is 0 Å². The Labute approximate surface area is 189 Å². The third-order valence-electron chi connectivity index (χ3n) is 5.74. The van der Waals surface area contributed by atoms with Gasteiger partial charge < -0.3 is 0 Å². The fraction of sp³-hybridized carbons (Fsp3) is 0.240. The Hall–Kier alpha value is -2.70. The van der Waals surface area contributed by atoms with Crippen molar-refractivity contribution in [2.24, 2.45) is 5.92 Å². The lowest BCUT2D eigenvalue weighted by Crippen LogP contribution is -2.23. The molecule has 0 radical (unpaired) electrons. The van der Waals surface area contributed by atoms with Gasteiger partial charge in [-0.05, 0) is 42.9 Å². The van der Waals surface area contributed by atoms with Gasteiger partial charge in [0.1, 0.15) is 4.83 Å². The Morgan fingerprint density at radius 3 is 2.58 bits per heavy atom. The van der Waals surface area contributed by atoms with E-state index in [-0.39, 0.29) is 17.1 Å². The molecule has 31 heavy (non-hydrogen) atoms. The quantitative estimate of drug-likeness (QED) is 0.229. The molecule has 0 spiro atoms. The number of carbonyl (C=O) groups excluding carboxylic acids is 1. The first-order valence-corrected chi connectivity index (χ1v) is 12.3. The van der Waals surface area contributed by atoms with Crippen LogP contribution in [0.25, 0.3) is 15.9 Å². The number of thioether (sulfide) groups is 1. The van der Waals surface area contributed by atoms with Crippen LogP contribution >= 0.6 is 23.1 Å². The van der Waals surface area contributed by atoms with Gasteiger partial charge in [-0.25, -0.2) is 4.98 Å². The van der Waals surface area contributed by atoms with E-state index in [0.29, 0.717) is 16.6 Å².